The number of hydrogen-bond donors (Lipinski definition) is 1. The maximum absolute atomic E-state index is 12.7. The Bertz CT molecular complexity index is 882. The van der Waals surface area contributed by atoms with Crippen molar-refractivity contribution in [3.05, 3.63) is 60.7 Å². The third kappa shape index (κ3) is 4.12. The number of hydrogen-bond acceptors (Lipinski definition) is 4. The van der Waals surface area contributed by atoms with E-state index in [-0.39, 0.29) is 11.2 Å². The summed E-state index contributed by atoms with van der Waals surface area (Å²) in [5, 5.41) is 4.68. The highest BCUT2D eigenvalue weighted by atomic mass is 32.2. The zero-order valence-corrected chi connectivity index (χ0v) is 15.0. The van der Waals surface area contributed by atoms with E-state index in [0.717, 1.165) is 15.9 Å². The SMILES string of the molecule is CC[C@H](Sc1ccc2ccccc2n1)C(=O)Nc1ccccc1OC. The van der Waals surface area contributed by atoms with Crippen LogP contribution in [0.1, 0.15) is 13.3 Å². The van der Waals surface area contributed by atoms with Gasteiger partial charge in [0.1, 0.15) is 5.75 Å². The lowest BCUT2D eigenvalue weighted by Crippen LogP contribution is -2.24. The highest BCUT2D eigenvalue weighted by molar-refractivity contribution is 8.00. The Balaban J connectivity index is 1.75. The van der Waals surface area contributed by atoms with Crippen LogP contribution in [0, 0.1) is 0 Å². The average molecular weight is 352 g/mol. The molecule has 4 nitrogen and oxygen atoms in total. The summed E-state index contributed by atoms with van der Waals surface area (Å²) < 4.78 is 5.29. The Labute approximate surface area is 151 Å². The van der Waals surface area contributed by atoms with Gasteiger partial charge in [-0.25, -0.2) is 4.98 Å². The number of carbonyl (C=O) groups is 1. The molecule has 0 bridgehead atoms. The molecule has 0 spiro atoms. The minimum atomic E-state index is -0.224. The van der Waals surface area contributed by atoms with E-state index < -0.39 is 0 Å². The van der Waals surface area contributed by atoms with Crippen LogP contribution in [0.15, 0.2) is 65.7 Å². The van der Waals surface area contributed by atoms with E-state index in [1.165, 1.54) is 11.8 Å². The number of ether oxygens (including phenoxy) is 1. The number of fused-ring (bicyclic) bond motifs is 1. The van der Waals surface area contributed by atoms with Gasteiger partial charge in [0.15, 0.2) is 0 Å². The zero-order chi connectivity index (χ0) is 17.6. The number of nitrogens with one attached hydrogen (secondary N) is 1. The number of aromatic nitrogens is 1. The van der Waals surface area contributed by atoms with Gasteiger partial charge in [-0.2, -0.15) is 0 Å². The maximum Gasteiger partial charge on any atom is 0.238 e. The van der Waals surface area contributed by atoms with Gasteiger partial charge in [0.05, 0.1) is 28.6 Å². The average Bonchev–Trinajstić information content (AvgIpc) is 2.66. The van der Waals surface area contributed by atoms with Gasteiger partial charge < -0.3 is 10.1 Å². The summed E-state index contributed by atoms with van der Waals surface area (Å²) in [4.78, 5) is 17.3. The molecule has 0 unspecified atom stereocenters. The second kappa shape index (κ2) is 8.03. The molecule has 3 rings (SSSR count). The molecule has 1 amide bonds. The summed E-state index contributed by atoms with van der Waals surface area (Å²) in [6, 6.07) is 19.4. The zero-order valence-electron chi connectivity index (χ0n) is 14.2. The van der Waals surface area contributed by atoms with Crippen LogP contribution < -0.4 is 10.1 Å². The molecule has 25 heavy (non-hydrogen) atoms. The smallest absolute Gasteiger partial charge is 0.238 e. The number of nitrogens with zero attached hydrogens (tertiary/aromatic N) is 1. The Kier molecular flexibility index (Phi) is 5.56. The van der Waals surface area contributed by atoms with Gasteiger partial charge in [-0.1, -0.05) is 55.1 Å². The maximum atomic E-state index is 12.7. The normalized spacial score (nSPS) is 11.9. The fourth-order valence-electron chi connectivity index (χ4n) is 2.54. The molecule has 0 aliphatic heterocycles. The molecule has 0 saturated heterocycles. The lowest BCUT2D eigenvalue weighted by Gasteiger charge is -2.16. The third-order valence-electron chi connectivity index (χ3n) is 3.86. The van der Waals surface area contributed by atoms with Crippen LogP contribution in [0.2, 0.25) is 0 Å². The van der Waals surface area contributed by atoms with E-state index in [4.69, 9.17) is 4.74 Å². The molecule has 1 heterocycles. The van der Waals surface area contributed by atoms with Crippen LogP contribution >= 0.6 is 11.8 Å². The highest BCUT2D eigenvalue weighted by Gasteiger charge is 2.20. The topological polar surface area (TPSA) is 51.2 Å². The fourth-order valence-corrected chi connectivity index (χ4v) is 3.46. The first kappa shape index (κ1) is 17.3. The van der Waals surface area contributed by atoms with Gasteiger partial charge in [0.25, 0.3) is 0 Å². The lowest BCUT2D eigenvalue weighted by atomic mass is 10.2. The number of para-hydroxylation sites is 3. The van der Waals surface area contributed by atoms with E-state index in [1.807, 2.05) is 67.6 Å². The van der Waals surface area contributed by atoms with Crippen molar-refractivity contribution >= 4 is 34.3 Å². The number of benzene rings is 2. The Hall–Kier alpha value is -2.53. The van der Waals surface area contributed by atoms with Crippen LogP contribution in [0.4, 0.5) is 5.69 Å². The molecule has 0 saturated carbocycles. The first-order valence-electron chi connectivity index (χ1n) is 8.17. The van der Waals surface area contributed by atoms with Crippen molar-refractivity contribution in [1.29, 1.82) is 0 Å². The molecule has 1 atom stereocenters. The quantitative estimate of drug-likeness (QED) is 0.650. The van der Waals surface area contributed by atoms with E-state index >= 15 is 0 Å². The molecule has 0 aliphatic carbocycles. The Morgan fingerprint density at radius 3 is 2.68 bits per heavy atom. The first-order chi connectivity index (χ1) is 12.2. The van der Waals surface area contributed by atoms with Crippen LogP contribution in [0.5, 0.6) is 5.75 Å². The molecule has 3 aromatic rings. The number of methoxy groups -OCH3 is 1. The molecule has 2 aromatic carbocycles. The summed E-state index contributed by atoms with van der Waals surface area (Å²) in [7, 11) is 1.59. The largest absolute Gasteiger partial charge is 0.495 e. The Morgan fingerprint density at radius 1 is 1.12 bits per heavy atom. The van der Waals surface area contributed by atoms with Crippen molar-refractivity contribution in [3.8, 4) is 5.75 Å². The first-order valence-corrected chi connectivity index (χ1v) is 9.05. The van der Waals surface area contributed by atoms with E-state index in [9.17, 15) is 4.79 Å². The van der Waals surface area contributed by atoms with Crippen molar-refractivity contribution < 1.29 is 9.53 Å². The summed E-state index contributed by atoms with van der Waals surface area (Å²) in [5.74, 6) is 0.603. The summed E-state index contributed by atoms with van der Waals surface area (Å²) in [5.41, 5.74) is 1.62. The highest BCUT2D eigenvalue weighted by Crippen LogP contribution is 2.29. The molecule has 5 heteroatoms. The van der Waals surface area contributed by atoms with Crippen molar-refractivity contribution in [2.45, 2.75) is 23.6 Å². The summed E-state index contributed by atoms with van der Waals surface area (Å²) in [6.07, 6.45) is 0.708. The van der Waals surface area contributed by atoms with Gasteiger partial charge >= 0.3 is 0 Å². The molecule has 1 aromatic heterocycles. The molecular weight excluding hydrogens is 332 g/mol. The number of pyridine rings is 1. The van der Waals surface area contributed by atoms with Crippen LogP contribution in [-0.4, -0.2) is 23.3 Å². The van der Waals surface area contributed by atoms with Crippen molar-refractivity contribution in [1.82, 2.24) is 4.98 Å². The standard InChI is InChI=1S/C20H20N2O2S/c1-3-18(20(23)22-16-10-6-7-11-17(16)24-2)25-19-13-12-14-8-4-5-9-15(14)21-19/h4-13,18H,3H2,1-2H3,(H,22,23)/t18-/m0/s1. The van der Waals surface area contributed by atoms with Gasteiger partial charge in [-0.05, 0) is 30.7 Å². The predicted octanol–water partition coefficient (Wildman–Crippen LogP) is 4.75. The van der Waals surface area contributed by atoms with E-state index in [0.29, 0.717) is 17.9 Å². The molecule has 0 aliphatic rings. The van der Waals surface area contributed by atoms with Gasteiger partial charge in [0.2, 0.25) is 5.91 Å². The van der Waals surface area contributed by atoms with Crippen molar-refractivity contribution in [3.63, 3.8) is 0 Å². The molecule has 128 valence electrons. The van der Waals surface area contributed by atoms with Gasteiger partial charge in [-0.15, -0.1) is 0 Å². The minimum absolute atomic E-state index is 0.0491. The molecule has 1 N–H and O–H groups in total. The Morgan fingerprint density at radius 2 is 1.88 bits per heavy atom. The number of rotatable bonds is 6. The van der Waals surface area contributed by atoms with E-state index in [1.54, 1.807) is 7.11 Å². The van der Waals surface area contributed by atoms with Crippen molar-refractivity contribution in [2.24, 2.45) is 0 Å². The predicted molar refractivity (Wildman–Crippen MR) is 103 cm³/mol. The van der Waals surface area contributed by atoms with Crippen LogP contribution in [0.3, 0.4) is 0 Å². The molecule has 0 radical (unpaired) electrons. The van der Waals surface area contributed by atoms with Crippen LogP contribution in [-0.2, 0) is 4.79 Å². The van der Waals surface area contributed by atoms with E-state index in [2.05, 4.69) is 10.3 Å². The number of amides is 1. The number of carbonyl (C=O) groups excluding carboxylic acids is 1. The lowest BCUT2D eigenvalue weighted by molar-refractivity contribution is -0.115. The second-order valence-corrected chi connectivity index (χ2v) is 6.77. The fraction of sp³-hybridized carbons (Fsp3) is 0.200. The summed E-state index contributed by atoms with van der Waals surface area (Å²) >= 11 is 1.48. The second-order valence-electron chi connectivity index (χ2n) is 5.55. The monoisotopic (exact) mass is 352 g/mol. The molecule has 0 fully saturated rings. The van der Waals surface area contributed by atoms with Crippen molar-refractivity contribution in [2.75, 3.05) is 12.4 Å². The molecular formula is C20H20N2O2S. The third-order valence-corrected chi connectivity index (χ3v) is 5.16. The summed E-state index contributed by atoms with van der Waals surface area (Å²) in [6.45, 7) is 2.00. The van der Waals surface area contributed by atoms with Crippen LogP contribution in [0.25, 0.3) is 10.9 Å². The van der Waals surface area contributed by atoms with Gasteiger partial charge in [0, 0.05) is 5.39 Å². The minimum Gasteiger partial charge on any atom is -0.495 e. The van der Waals surface area contributed by atoms with Gasteiger partial charge in [-0.3, -0.25) is 4.79 Å². The number of anilines is 1. The number of thioether (sulfide) groups is 1.